The highest BCUT2D eigenvalue weighted by Gasteiger charge is 2.26. The van der Waals surface area contributed by atoms with Crippen molar-refractivity contribution in [3.63, 3.8) is 0 Å². The first-order chi connectivity index (χ1) is 9.23. The predicted molar refractivity (Wildman–Crippen MR) is 86.0 cm³/mol. The molecule has 0 aliphatic carbocycles. The maximum atomic E-state index is 12.8. The van der Waals surface area contributed by atoms with Crippen LogP contribution in [0.1, 0.15) is 25.0 Å². The number of hydrogen-bond acceptors (Lipinski definition) is 3. The molecule has 0 unspecified atom stereocenters. The highest BCUT2D eigenvalue weighted by molar-refractivity contribution is 9.10. The molecule has 0 aliphatic heterocycles. The van der Waals surface area contributed by atoms with E-state index in [1.807, 2.05) is 26.8 Å². The number of sulfonamides is 1. The number of halogens is 1. The minimum atomic E-state index is -3.56. The first-order valence-electron chi connectivity index (χ1n) is 6.37. The van der Waals surface area contributed by atoms with Crippen molar-refractivity contribution in [2.24, 2.45) is 5.73 Å². The molecule has 0 saturated carbocycles. The normalized spacial score (nSPS) is 11.9. The van der Waals surface area contributed by atoms with Gasteiger partial charge < -0.3 is 5.73 Å². The third-order valence-corrected chi connectivity index (χ3v) is 6.19. The second kappa shape index (κ2) is 6.85. The van der Waals surface area contributed by atoms with Gasteiger partial charge in [0, 0.05) is 24.1 Å². The van der Waals surface area contributed by atoms with Crippen molar-refractivity contribution in [2.45, 2.75) is 32.2 Å². The van der Waals surface area contributed by atoms with Gasteiger partial charge in [-0.2, -0.15) is 4.31 Å². The Morgan fingerprint density at radius 1 is 1.45 bits per heavy atom. The number of benzene rings is 1. The molecular weight excluding hydrogens is 340 g/mol. The van der Waals surface area contributed by atoms with Crippen LogP contribution in [0.4, 0.5) is 0 Å². The van der Waals surface area contributed by atoms with Crippen molar-refractivity contribution in [3.8, 4) is 0 Å². The summed E-state index contributed by atoms with van der Waals surface area (Å²) in [6.07, 6.45) is 0. The fourth-order valence-corrected chi connectivity index (χ4v) is 4.46. The van der Waals surface area contributed by atoms with E-state index in [0.29, 0.717) is 24.1 Å². The quantitative estimate of drug-likeness (QED) is 0.793. The van der Waals surface area contributed by atoms with Gasteiger partial charge in [0.15, 0.2) is 0 Å². The number of rotatable bonds is 6. The minimum Gasteiger partial charge on any atom is -0.326 e. The molecule has 0 radical (unpaired) electrons. The lowest BCUT2D eigenvalue weighted by atomic mass is 10.1. The summed E-state index contributed by atoms with van der Waals surface area (Å²) in [6, 6.07) is 3.52. The van der Waals surface area contributed by atoms with Crippen LogP contribution < -0.4 is 5.73 Å². The monoisotopic (exact) mass is 360 g/mol. The van der Waals surface area contributed by atoms with Crippen LogP contribution in [0.5, 0.6) is 0 Å². The fraction of sp³-hybridized carbons (Fsp3) is 0.429. The fourth-order valence-electron chi connectivity index (χ4n) is 1.92. The molecule has 0 atom stereocenters. The molecule has 0 aliphatic rings. The number of nitrogens with zero attached hydrogens (tertiary/aromatic N) is 1. The first-order valence-corrected chi connectivity index (χ1v) is 8.61. The van der Waals surface area contributed by atoms with E-state index in [-0.39, 0.29) is 4.90 Å². The van der Waals surface area contributed by atoms with Crippen LogP contribution in [0, 0.1) is 6.92 Å². The lowest BCUT2D eigenvalue weighted by molar-refractivity contribution is 0.452. The van der Waals surface area contributed by atoms with E-state index in [0.717, 1.165) is 16.7 Å². The molecule has 0 heterocycles. The van der Waals surface area contributed by atoms with Crippen LogP contribution in [-0.4, -0.2) is 25.8 Å². The molecule has 0 fully saturated rings. The number of likely N-dealkylation sites (N-methyl/N-ethyl adjacent to an activating group) is 1. The van der Waals surface area contributed by atoms with Crippen LogP contribution >= 0.6 is 15.9 Å². The van der Waals surface area contributed by atoms with Gasteiger partial charge in [-0.1, -0.05) is 25.1 Å². The molecule has 0 saturated heterocycles. The highest BCUT2D eigenvalue weighted by Crippen LogP contribution is 2.29. The molecule has 0 bridgehead atoms. The Hall–Kier alpha value is -0.690. The summed E-state index contributed by atoms with van der Waals surface area (Å²) in [5, 5.41) is 0. The molecule has 1 rings (SSSR count). The molecule has 2 N–H and O–H groups in total. The Morgan fingerprint density at radius 2 is 2.05 bits per heavy atom. The van der Waals surface area contributed by atoms with E-state index in [9.17, 15) is 8.42 Å². The van der Waals surface area contributed by atoms with E-state index in [1.165, 1.54) is 4.31 Å². The molecule has 112 valence electrons. The van der Waals surface area contributed by atoms with Gasteiger partial charge in [0.2, 0.25) is 10.0 Å². The standard InChI is InChI=1S/C14H21BrN2O2S/c1-5-17(9-10(2)3)20(18,19)13-7-12(8-16)6-11(4)14(13)15/h6-7H,2,5,8-9,16H2,1,3-4H3. The molecule has 0 amide bonds. The smallest absolute Gasteiger partial charge is 0.244 e. The summed E-state index contributed by atoms with van der Waals surface area (Å²) in [4.78, 5) is 0.265. The summed E-state index contributed by atoms with van der Waals surface area (Å²) in [6.45, 7) is 10.3. The predicted octanol–water partition coefficient (Wildman–Crippen LogP) is 2.80. The Bertz CT molecular complexity index is 612. The summed E-state index contributed by atoms with van der Waals surface area (Å²) >= 11 is 3.37. The van der Waals surface area contributed by atoms with E-state index in [1.54, 1.807) is 6.07 Å². The van der Waals surface area contributed by atoms with Crippen molar-refractivity contribution >= 4 is 26.0 Å². The minimum absolute atomic E-state index is 0.265. The van der Waals surface area contributed by atoms with Gasteiger partial charge in [-0.15, -0.1) is 0 Å². The molecule has 1 aromatic carbocycles. The second-order valence-corrected chi connectivity index (χ2v) is 7.52. The third-order valence-electron chi connectivity index (χ3n) is 2.93. The zero-order chi connectivity index (χ0) is 15.5. The maximum Gasteiger partial charge on any atom is 0.244 e. The summed E-state index contributed by atoms with van der Waals surface area (Å²) in [7, 11) is -3.56. The Balaban J connectivity index is 3.40. The number of hydrogen-bond donors (Lipinski definition) is 1. The lowest BCUT2D eigenvalue weighted by Gasteiger charge is -2.22. The molecule has 20 heavy (non-hydrogen) atoms. The largest absolute Gasteiger partial charge is 0.326 e. The molecular formula is C14H21BrN2O2S. The van der Waals surface area contributed by atoms with Gasteiger partial charge in [-0.05, 0) is 47.0 Å². The van der Waals surface area contributed by atoms with Gasteiger partial charge in [0.1, 0.15) is 0 Å². The van der Waals surface area contributed by atoms with Crippen LogP contribution in [0.3, 0.4) is 0 Å². The van der Waals surface area contributed by atoms with E-state index < -0.39 is 10.0 Å². The highest BCUT2D eigenvalue weighted by atomic mass is 79.9. The average Bonchev–Trinajstić information content (AvgIpc) is 2.38. The van der Waals surface area contributed by atoms with Crippen molar-refractivity contribution < 1.29 is 8.42 Å². The maximum absolute atomic E-state index is 12.8. The van der Waals surface area contributed by atoms with Crippen molar-refractivity contribution in [1.29, 1.82) is 0 Å². The lowest BCUT2D eigenvalue weighted by Crippen LogP contribution is -2.32. The molecule has 4 nitrogen and oxygen atoms in total. The van der Waals surface area contributed by atoms with Crippen molar-refractivity contribution in [3.05, 3.63) is 39.9 Å². The van der Waals surface area contributed by atoms with Crippen molar-refractivity contribution in [1.82, 2.24) is 4.31 Å². The third kappa shape index (κ3) is 3.69. The average molecular weight is 361 g/mol. The molecule has 6 heteroatoms. The van der Waals surface area contributed by atoms with Gasteiger partial charge in [0.05, 0.1) is 4.90 Å². The second-order valence-electron chi connectivity index (χ2n) is 4.82. The SMILES string of the molecule is C=C(C)CN(CC)S(=O)(=O)c1cc(CN)cc(C)c1Br. The van der Waals surface area contributed by atoms with Crippen LogP contribution in [-0.2, 0) is 16.6 Å². The van der Waals surface area contributed by atoms with E-state index in [4.69, 9.17) is 5.73 Å². The summed E-state index contributed by atoms with van der Waals surface area (Å²) in [5.41, 5.74) is 8.10. The van der Waals surface area contributed by atoms with Crippen LogP contribution in [0.25, 0.3) is 0 Å². The Labute approximate surface area is 129 Å². The topological polar surface area (TPSA) is 63.4 Å². The zero-order valence-corrected chi connectivity index (χ0v) is 14.5. The zero-order valence-electron chi connectivity index (χ0n) is 12.1. The van der Waals surface area contributed by atoms with Gasteiger partial charge in [-0.3, -0.25) is 0 Å². The Morgan fingerprint density at radius 3 is 2.50 bits per heavy atom. The first kappa shape index (κ1) is 17.4. The Kier molecular flexibility index (Phi) is 5.94. The number of aryl methyl sites for hydroxylation is 1. The van der Waals surface area contributed by atoms with Gasteiger partial charge in [-0.25, -0.2) is 8.42 Å². The number of nitrogens with two attached hydrogens (primary N) is 1. The molecule has 0 aromatic heterocycles. The van der Waals surface area contributed by atoms with Gasteiger partial charge >= 0.3 is 0 Å². The van der Waals surface area contributed by atoms with Gasteiger partial charge in [0.25, 0.3) is 0 Å². The van der Waals surface area contributed by atoms with Crippen LogP contribution in [0.15, 0.2) is 33.7 Å². The summed E-state index contributed by atoms with van der Waals surface area (Å²) in [5.74, 6) is 0. The van der Waals surface area contributed by atoms with E-state index in [2.05, 4.69) is 22.5 Å². The molecule has 0 spiro atoms. The summed E-state index contributed by atoms with van der Waals surface area (Å²) < 4.78 is 27.5. The van der Waals surface area contributed by atoms with Crippen molar-refractivity contribution in [2.75, 3.05) is 13.1 Å². The molecule has 1 aromatic rings. The van der Waals surface area contributed by atoms with Crippen LogP contribution in [0.2, 0.25) is 0 Å². The van der Waals surface area contributed by atoms with E-state index >= 15 is 0 Å².